The fourth-order valence-electron chi connectivity index (χ4n) is 6.22. The summed E-state index contributed by atoms with van der Waals surface area (Å²) in [4.78, 5) is 0. The maximum atomic E-state index is 16.3. The molecule has 0 amide bonds. The summed E-state index contributed by atoms with van der Waals surface area (Å²) in [6, 6.07) is 14.2. The van der Waals surface area contributed by atoms with Crippen LogP contribution in [0.25, 0.3) is 9.09 Å². The van der Waals surface area contributed by atoms with Crippen molar-refractivity contribution in [3.05, 3.63) is 165 Å². The fraction of sp³-hybridized carbons (Fsp3) is 0.0588. The van der Waals surface area contributed by atoms with Crippen LogP contribution < -0.4 is 28.0 Å². The van der Waals surface area contributed by atoms with Crippen molar-refractivity contribution in [3.63, 3.8) is 0 Å². The molecule has 1 atom stereocenters. The average molecular weight is 1100 g/mol. The summed E-state index contributed by atoms with van der Waals surface area (Å²) in [6.45, 7) is 0. The van der Waals surface area contributed by atoms with Crippen LogP contribution in [0.15, 0.2) is 60.7 Å². The number of benzene rings is 5. The van der Waals surface area contributed by atoms with Crippen LogP contribution in [0.3, 0.4) is 0 Å². The van der Waals surface area contributed by atoms with Gasteiger partial charge in [0.15, 0.2) is 0 Å². The predicted octanol–water partition coefficient (Wildman–Crippen LogP) is 6.74. The van der Waals surface area contributed by atoms with Crippen molar-refractivity contribution in [1.82, 2.24) is 0 Å². The predicted molar refractivity (Wildman–Crippen MR) is 172 cm³/mol. The molecule has 0 fully saturated rings. The van der Waals surface area contributed by atoms with E-state index in [1.807, 2.05) is 0 Å². The Balaban J connectivity index is 1.96. The Labute approximate surface area is 309 Å². The second kappa shape index (κ2) is 14.6. The Morgan fingerprint density at radius 3 is 1.19 bits per heavy atom. The molecule has 0 aromatic heterocycles. The molecule has 0 aliphatic carbocycles. The average Bonchev–Trinajstić information content (AvgIpc) is 3.41. The topological polar surface area (TPSA) is 0 Å². The first-order valence-electron chi connectivity index (χ1n) is 14.6. The molecule has 0 spiro atoms. The molecule has 6 rings (SSSR count). The maximum absolute atomic E-state index is 16.3. The molecule has 0 unspecified atom stereocenters. The van der Waals surface area contributed by atoms with E-state index in [1.54, 1.807) is 49.0 Å². The van der Waals surface area contributed by atoms with Gasteiger partial charge >= 0.3 is 311 Å². The van der Waals surface area contributed by atoms with Gasteiger partial charge in [0.05, 0.1) is 0 Å². The van der Waals surface area contributed by atoms with E-state index in [0.29, 0.717) is 5.56 Å². The van der Waals surface area contributed by atoms with Crippen molar-refractivity contribution in [3.8, 4) is 0 Å². The van der Waals surface area contributed by atoms with Crippen molar-refractivity contribution in [1.29, 1.82) is 0 Å². The molecule has 0 bridgehead atoms. The van der Waals surface area contributed by atoms with E-state index >= 15 is 52.7 Å². The monoisotopic (exact) mass is 1100 g/mol. The van der Waals surface area contributed by atoms with Crippen LogP contribution in [0.4, 0.5) is 65.9 Å². The zero-order chi connectivity index (χ0) is 38.9. The number of halogens is 17. The normalized spacial score (nSPS) is 16.9. The van der Waals surface area contributed by atoms with Gasteiger partial charge in [-0.2, -0.15) is 0 Å². The SMILES string of the molecule is Fc1c(F)c(F)c(C2=C(c3ccccc3)[Te@](I)(CCc3ccccc3)[I+][B-]2(c2c(F)c(F)c(F)c(F)c2F)c2c(F)c(F)c(F)c(F)c2F)c(F)c1F. The molecule has 1 aliphatic rings. The quantitative estimate of drug-likeness (QED) is 0.0558. The van der Waals surface area contributed by atoms with Crippen LogP contribution in [-0.4, -0.2) is 14.3 Å². The number of hydrogen-bond donors (Lipinski definition) is 0. The minimum absolute atomic E-state index is 0.0360. The third-order valence-corrected chi connectivity index (χ3v) is 48.0. The van der Waals surface area contributed by atoms with E-state index in [9.17, 15) is 13.2 Å². The third kappa shape index (κ3) is 6.15. The van der Waals surface area contributed by atoms with Crippen LogP contribution in [0.2, 0.25) is 4.47 Å². The molecular weight excluding hydrogens is 1090 g/mol. The van der Waals surface area contributed by atoms with Crippen molar-refractivity contribution in [2.24, 2.45) is 0 Å². The summed E-state index contributed by atoms with van der Waals surface area (Å²) in [5.41, 5.74) is -7.79. The van der Waals surface area contributed by atoms with Crippen LogP contribution in [0, 0.1) is 87.3 Å². The van der Waals surface area contributed by atoms with Crippen LogP contribution in [-0.2, 0) is 6.42 Å². The minimum atomic E-state index is -5.05. The second-order valence-corrected chi connectivity index (χ2v) is 54.3. The van der Waals surface area contributed by atoms with Gasteiger partial charge in [-0.05, 0) is 0 Å². The molecule has 1 heterocycles. The second-order valence-electron chi connectivity index (χ2n) is 11.4. The number of hydrogen-bond acceptors (Lipinski definition) is 0. The van der Waals surface area contributed by atoms with Gasteiger partial charge in [0.2, 0.25) is 0 Å². The Bertz CT molecular complexity index is 2200. The molecule has 0 saturated heterocycles. The molecule has 0 N–H and O–H groups in total. The molecule has 5 aromatic rings. The number of rotatable bonds is 7. The van der Waals surface area contributed by atoms with E-state index in [0.717, 1.165) is 0 Å². The van der Waals surface area contributed by atoms with Gasteiger partial charge in [-0.15, -0.1) is 0 Å². The van der Waals surface area contributed by atoms with Crippen molar-refractivity contribution in [2.45, 2.75) is 10.9 Å². The van der Waals surface area contributed by atoms with Crippen molar-refractivity contribution < 1.29 is 82.9 Å². The van der Waals surface area contributed by atoms with E-state index in [-0.39, 0.29) is 16.5 Å². The van der Waals surface area contributed by atoms with Crippen molar-refractivity contribution >= 4 is 53.0 Å². The van der Waals surface area contributed by atoms with Gasteiger partial charge < -0.3 is 0 Å². The van der Waals surface area contributed by atoms with Gasteiger partial charge in [-0.3, -0.25) is 0 Å². The standard InChI is InChI=1S/C34H14BF15I2Te/c36-19-15(20(37)26(43)31(48)25(19)42)16-34(14-9-5-2-6-10-14)53(51,12-11-13-7-3-1-4-8-13)52-35(16,17-21(38)27(44)32(49)28(45)22(17)39)18-23(40)29(46)33(50)30(47)24(18)41/h1-10H,11-12H2. The van der Waals surface area contributed by atoms with E-state index in [4.69, 9.17) is 0 Å². The number of aryl methyl sites for hydroxylation is 1. The summed E-state index contributed by atoms with van der Waals surface area (Å²) in [5, 5.41) is 0. The summed E-state index contributed by atoms with van der Waals surface area (Å²) in [5.74, 6) is -42.0. The zero-order valence-electron chi connectivity index (χ0n) is 25.6. The molecule has 0 radical (unpaired) electrons. The van der Waals surface area contributed by atoms with E-state index in [1.165, 1.54) is 30.3 Å². The molecule has 278 valence electrons. The first kappa shape index (κ1) is 39.8. The summed E-state index contributed by atoms with van der Waals surface area (Å²) < 4.78 is 226. The third-order valence-electron chi connectivity index (χ3n) is 8.50. The molecule has 19 heteroatoms. The molecular formula is C34H14BF15I2Te. The molecule has 5 aromatic carbocycles. The fourth-order valence-corrected chi connectivity index (χ4v) is 55.3. The molecule has 0 nitrogen and oxygen atoms in total. The van der Waals surface area contributed by atoms with Crippen LogP contribution in [0.1, 0.15) is 16.7 Å². The van der Waals surface area contributed by atoms with Crippen LogP contribution >= 0.6 is 18.7 Å². The molecule has 53 heavy (non-hydrogen) atoms. The van der Waals surface area contributed by atoms with Gasteiger partial charge in [0.25, 0.3) is 0 Å². The van der Waals surface area contributed by atoms with E-state index in [2.05, 4.69) is 0 Å². The molecule has 1 aliphatic heterocycles. The van der Waals surface area contributed by atoms with Gasteiger partial charge in [0.1, 0.15) is 0 Å². The van der Waals surface area contributed by atoms with Crippen molar-refractivity contribution in [2.75, 3.05) is 0 Å². The van der Waals surface area contributed by atoms with E-state index < -0.39 is 144 Å². The summed E-state index contributed by atoms with van der Waals surface area (Å²) in [6.07, 6.45) is -0.0360. The Morgan fingerprint density at radius 1 is 0.453 bits per heavy atom. The summed E-state index contributed by atoms with van der Waals surface area (Å²) >= 11 is -1.22. The Morgan fingerprint density at radius 2 is 0.792 bits per heavy atom. The molecule has 0 saturated carbocycles. The summed E-state index contributed by atoms with van der Waals surface area (Å²) in [7, 11) is -4.99. The van der Waals surface area contributed by atoms with Gasteiger partial charge in [-0.1, -0.05) is 0 Å². The zero-order valence-corrected chi connectivity index (χ0v) is 32.2. The Hall–Kier alpha value is -2.90. The first-order chi connectivity index (χ1) is 24.9. The first-order valence-corrected chi connectivity index (χ1v) is 32.3. The van der Waals surface area contributed by atoms with Gasteiger partial charge in [0, 0.05) is 0 Å². The van der Waals surface area contributed by atoms with Crippen LogP contribution in [0.5, 0.6) is 0 Å². The van der Waals surface area contributed by atoms with Gasteiger partial charge in [-0.25, -0.2) is 0 Å². The Kier molecular flexibility index (Phi) is 11.0.